The molecule has 1 aliphatic rings. The van der Waals surface area contributed by atoms with Crippen molar-refractivity contribution in [1.29, 1.82) is 0 Å². The number of para-hydroxylation sites is 1. The molecule has 1 heterocycles. The molecule has 146 valence electrons. The van der Waals surface area contributed by atoms with Crippen LogP contribution in [0.5, 0.6) is 5.75 Å². The van der Waals surface area contributed by atoms with Crippen molar-refractivity contribution < 1.29 is 13.2 Å². The van der Waals surface area contributed by atoms with Crippen LogP contribution >= 0.6 is 0 Å². The Morgan fingerprint density at radius 3 is 2.22 bits per heavy atom. The second-order valence-electron chi connectivity index (χ2n) is 7.19. The van der Waals surface area contributed by atoms with Gasteiger partial charge in [-0.1, -0.05) is 48.5 Å². The lowest BCUT2D eigenvalue weighted by molar-refractivity contribution is 0.176. The van der Waals surface area contributed by atoms with E-state index < -0.39 is 10.0 Å². The molecule has 1 saturated heterocycles. The Kier molecular flexibility index (Phi) is 6.52. The fourth-order valence-electron chi connectivity index (χ4n) is 3.29. The van der Waals surface area contributed by atoms with E-state index in [0.29, 0.717) is 13.1 Å². The molecule has 0 aromatic heterocycles. The average Bonchev–Trinajstić information content (AvgIpc) is 2.64. The van der Waals surface area contributed by atoms with Gasteiger partial charge in [0.25, 0.3) is 0 Å². The molecule has 2 aromatic carbocycles. The zero-order valence-electron chi connectivity index (χ0n) is 16.0. The lowest BCUT2D eigenvalue weighted by Crippen LogP contribution is -2.48. The smallest absolute Gasteiger partial charge is 0.218 e. The SMILES string of the molecule is CC(C)Oc1ccccc1CN1CCN(S(=O)(=O)Cc2ccccc2)CC1. The van der Waals surface area contributed by atoms with Gasteiger partial charge in [0.15, 0.2) is 0 Å². The van der Waals surface area contributed by atoms with Gasteiger partial charge in [-0.05, 0) is 25.5 Å². The Bertz CT molecular complexity index is 830. The number of hydrogen-bond acceptors (Lipinski definition) is 4. The Hall–Kier alpha value is -1.89. The summed E-state index contributed by atoms with van der Waals surface area (Å²) in [7, 11) is -3.27. The highest BCUT2D eigenvalue weighted by Gasteiger charge is 2.27. The number of ether oxygens (including phenoxy) is 1. The van der Waals surface area contributed by atoms with Crippen molar-refractivity contribution in [3.63, 3.8) is 0 Å². The van der Waals surface area contributed by atoms with Gasteiger partial charge in [-0.25, -0.2) is 8.42 Å². The van der Waals surface area contributed by atoms with Crippen molar-refractivity contribution in [3.8, 4) is 5.75 Å². The second-order valence-corrected chi connectivity index (χ2v) is 9.16. The number of benzene rings is 2. The molecule has 3 rings (SSSR count). The number of nitrogens with zero attached hydrogens (tertiary/aromatic N) is 2. The van der Waals surface area contributed by atoms with Crippen LogP contribution in [-0.2, 0) is 22.3 Å². The van der Waals surface area contributed by atoms with Gasteiger partial charge in [-0.3, -0.25) is 4.90 Å². The van der Waals surface area contributed by atoms with Crippen molar-refractivity contribution in [3.05, 3.63) is 65.7 Å². The Morgan fingerprint density at radius 1 is 0.926 bits per heavy atom. The van der Waals surface area contributed by atoms with Gasteiger partial charge in [0.2, 0.25) is 10.0 Å². The summed E-state index contributed by atoms with van der Waals surface area (Å²) in [4.78, 5) is 2.29. The molecule has 0 saturated carbocycles. The lowest BCUT2D eigenvalue weighted by atomic mass is 10.1. The second kappa shape index (κ2) is 8.87. The standard InChI is InChI=1S/C21H28N2O3S/c1-18(2)26-21-11-7-6-10-20(21)16-22-12-14-23(15-13-22)27(24,25)17-19-8-4-3-5-9-19/h3-11,18H,12-17H2,1-2H3. The monoisotopic (exact) mass is 388 g/mol. The number of piperazine rings is 1. The predicted octanol–water partition coefficient (Wildman–Crippen LogP) is 3.12. The minimum atomic E-state index is -3.27. The molecule has 0 bridgehead atoms. The van der Waals surface area contributed by atoms with Crippen LogP contribution in [-0.4, -0.2) is 49.9 Å². The molecular formula is C21H28N2O3S. The number of rotatable bonds is 7. The number of sulfonamides is 1. The third-order valence-electron chi connectivity index (χ3n) is 4.65. The van der Waals surface area contributed by atoms with Crippen LogP contribution in [0.4, 0.5) is 0 Å². The van der Waals surface area contributed by atoms with Gasteiger partial charge in [0, 0.05) is 38.3 Å². The van der Waals surface area contributed by atoms with E-state index in [9.17, 15) is 8.42 Å². The molecule has 0 N–H and O–H groups in total. The highest BCUT2D eigenvalue weighted by atomic mass is 32.2. The van der Waals surface area contributed by atoms with E-state index in [0.717, 1.165) is 36.5 Å². The zero-order chi connectivity index (χ0) is 19.3. The van der Waals surface area contributed by atoms with Crippen LogP contribution in [0.3, 0.4) is 0 Å². The Balaban J connectivity index is 1.58. The van der Waals surface area contributed by atoms with Crippen LogP contribution in [0.15, 0.2) is 54.6 Å². The van der Waals surface area contributed by atoms with Gasteiger partial charge in [0.1, 0.15) is 5.75 Å². The highest BCUT2D eigenvalue weighted by molar-refractivity contribution is 7.88. The molecule has 1 aliphatic heterocycles. The molecule has 0 spiro atoms. The van der Waals surface area contributed by atoms with Crippen molar-refractivity contribution >= 4 is 10.0 Å². The molecule has 6 heteroatoms. The normalized spacial score (nSPS) is 16.6. The van der Waals surface area contributed by atoms with Gasteiger partial charge in [-0.2, -0.15) is 4.31 Å². The summed E-state index contributed by atoms with van der Waals surface area (Å²) in [6, 6.07) is 17.4. The fraction of sp³-hybridized carbons (Fsp3) is 0.429. The molecule has 1 fully saturated rings. The van der Waals surface area contributed by atoms with Crippen LogP contribution < -0.4 is 4.74 Å². The van der Waals surface area contributed by atoms with Crippen LogP contribution in [0.25, 0.3) is 0 Å². The van der Waals surface area contributed by atoms with E-state index in [2.05, 4.69) is 11.0 Å². The third kappa shape index (κ3) is 5.54. The van der Waals surface area contributed by atoms with Crippen LogP contribution in [0.1, 0.15) is 25.0 Å². The third-order valence-corrected chi connectivity index (χ3v) is 6.50. The first-order valence-electron chi connectivity index (χ1n) is 9.43. The topological polar surface area (TPSA) is 49.9 Å². The first-order valence-corrected chi connectivity index (χ1v) is 11.0. The summed E-state index contributed by atoms with van der Waals surface area (Å²) < 4.78 is 32.9. The molecule has 0 radical (unpaired) electrons. The van der Waals surface area contributed by atoms with E-state index in [1.807, 2.05) is 62.4 Å². The summed E-state index contributed by atoms with van der Waals surface area (Å²) in [5, 5.41) is 0. The summed E-state index contributed by atoms with van der Waals surface area (Å²) in [6.07, 6.45) is 0.131. The first kappa shape index (κ1) is 19.9. The van der Waals surface area contributed by atoms with Gasteiger partial charge in [0.05, 0.1) is 11.9 Å². The van der Waals surface area contributed by atoms with Gasteiger partial charge < -0.3 is 4.74 Å². The summed E-state index contributed by atoms with van der Waals surface area (Å²) >= 11 is 0. The van der Waals surface area contributed by atoms with Crippen LogP contribution in [0, 0.1) is 0 Å². The van der Waals surface area contributed by atoms with E-state index >= 15 is 0 Å². The van der Waals surface area contributed by atoms with Crippen molar-refractivity contribution in [1.82, 2.24) is 9.21 Å². The molecule has 0 aliphatic carbocycles. The van der Waals surface area contributed by atoms with E-state index in [1.54, 1.807) is 4.31 Å². The van der Waals surface area contributed by atoms with E-state index in [-0.39, 0.29) is 11.9 Å². The van der Waals surface area contributed by atoms with Gasteiger partial charge >= 0.3 is 0 Å². The van der Waals surface area contributed by atoms with Crippen molar-refractivity contribution in [2.75, 3.05) is 26.2 Å². The average molecular weight is 389 g/mol. The van der Waals surface area contributed by atoms with E-state index in [1.165, 1.54) is 0 Å². The number of hydrogen-bond donors (Lipinski definition) is 0. The lowest BCUT2D eigenvalue weighted by Gasteiger charge is -2.34. The van der Waals surface area contributed by atoms with Crippen LogP contribution in [0.2, 0.25) is 0 Å². The molecule has 0 amide bonds. The minimum absolute atomic E-state index is 0.0684. The van der Waals surface area contributed by atoms with Gasteiger partial charge in [-0.15, -0.1) is 0 Å². The Morgan fingerprint density at radius 2 is 1.56 bits per heavy atom. The summed E-state index contributed by atoms with van der Waals surface area (Å²) in [6.45, 7) is 7.33. The predicted molar refractivity (Wildman–Crippen MR) is 108 cm³/mol. The zero-order valence-corrected chi connectivity index (χ0v) is 16.9. The minimum Gasteiger partial charge on any atom is -0.491 e. The summed E-state index contributed by atoms with van der Waals surface area (Å²) in [5.41, 5.74) is 1.98. The largest absolute Gasteiger partial charge is 0.491 e. The maximum atomic E-state index is 12.7. The molecule has 2 aromatic rings. The molecular weight excluding hydrogens is 360 g/mol. The maximum absolute atomic E-state index is 12.7. The van der Waals surface area contributed by atoms with E-state index in [4.69, 9.17) is 4.74 Å². The first-order chi connectivity index (χ1) is 12.9. The molecule has 0 unspecified atom stereocenters. The quantitative estimate of drug-likeness (QED) is 0.731. The fourth-order valence-corrected chi connectivity index (χ4v) is 4.80. The Labute approximate surface area is 162 Å². The maximum Gasteiger partial charge on any atom is 0.218 e. The van der Waals surface area contributed by atoms with Crippen molar-refractivity contribution in [2.45, 2.75) is 32.2 Å². The molecule has 27 heavy (non-hydrogen) atoms. The van der Waals surface area contributed by atoms with Crippen molar-refractivity contribution in [2.24, 2.45) is 0 Å². The molecule has 0 atom stereocenters. The highest BCUT2D eigenvalue weighted by Crippen LogP contribution is 2.22. The summed E-state index contributed by atoms with van der Waals surface area (Å²) in [5.74, 6) is 0.977. The molecule has 5 nitrogen and oxygen atoms in total.